The molecule has 1 aliphatic rings. The number of unbranched alkanes of at least 4 members (excludes halogenated alkanes) is 2. The van der Waals surface area contributed by atoms with Crippen LogP contribution in [0, 0.1) is 0 Å². The molecule has 1 atom stereocenters. The third-order valence-corrected chi connectivity index (χ3v) is 18.9. The molecule has 0 aliphatic carbocycles. The Labute approximate surface area is 95.4 Å². The first kappa shape index (κ1) is 12.9. The number of rotatable bonds is 6. The summed E-state index contributed by atoms with van der Waals surface area (Å²) in [4.78, 5) is 0. The Morgan fingerprint density at radius 2 is 1.79 bits per heavy atom. The molecule has 0 amide bonds. The molecule has 0 aromatic carbocycles. The zero-order valence-electron chi connectivity index (χ0n) is 9.94. The third kappa shape index (κ3) is 3.78. The van der Waals surface area contributed by atoms with E-state index in [1.807, 2.05) is 0 Å². The molecule has 1 rings (SSSR count). The average Bonchev–Trinajstić information content (AvgIpc) is 2.55. The van der Waals surface area contributed by atoms with E-state index in [9.17, 15) is 0 Å². The second-order valence-electron chi connectivity index (χ2n) is 4.51. The minimum absolute atomic E-state index is 0.892. The number of nitrogens with one attached hydrogen (secondary N) is 1. The summed E-state index contributed by atoms with van der Waals surface area (Å²) in [5.41, 5.74) is 0. The van der Waals surface area contributed by atoms with Crippen LogP contribution in [-0.4, -0.2) is 24.1 Å². The van der Waals surface area contributed by atoms with Gasteiger partial charge in [0.25, 0.3) is 0 Å². The summed E-state index contributed by atoms with van der Waals surface area (Å²) in [5, 5.41) is 3.99. The number of hydrogen-bond donors (Lipinski definition) is 1. The van der Waals surface area contributed by atoms with Gasteiger partial charge >= 0.3 is 95.5 Å². The van der Waals surface area contributed by atoms with E-state index in [0.29, 0.717) is 0 Å². The molecule has 1 nitrogen and oxygen atoms in total. The molecule has 84 valence electrons. The van der Waals surface area contributed by atoms with Gasteiger partial charge in [0.15, 0.2) is 0 Å². The molecule has 0 aromatic rings. The van der Waals surface area contributed by atoms with Gasteiger partial charge in [-0.3, -0.25) is 0 Å². The van der Waals surface area contributed by atoms with Gasteiger partial charge in [0, 0.05) is 0 Å². The van der Waals surface area contributed by atoms with Gasteiger partial charge in [-0.1, -0.05) is 0 Å². The molecule has 14 heavy (non-hydrogen) atoms. The molecule has 1 saturated heterocycles. The predicted octanol–water partition coefficient (Wildman–Crippen LogP) is 3.75. The fraction of sp³-hybridized carbons (Fsp3) is 1.00. The van der Waals surface area contributed by atoms with Crippen LogP contribution in [-0.2, 0) is 0 Å². The molecule has 0 saturated carbocycles. The van der Waals surface area contributed by atoms with Crippen molar-refractivity contribution in [2.75, 3.05) is 6.54 Å². The molecule has 1 heterocycles. The van der Waals surface area contributed by atoms with Crippen LogP contribution in [0.3, 0.4) is 0 Å². The monoisotopic (exact) mass is 277 g/mol. The van der Waals surface area contributed by atoms with Crippen LogP contribution >= 0.6 is 10.1 Å². The summed E-state index contributed by atoms with van der Waals surface area (Å²) in [6.45, 7) is 8.32. The van der Waals surface area contributed by atoms with Crippen molar-refractivity contribution in [2.24, 2.45) is 0 Å². The molecule has 1 aliphatic heterocycles. The molecule has 3 heteroatoms. The maximum absolute atomic E-state index is 3.94. The topological polar surface area (TPSA) is 12.0 Å². The van der Waals surface area contributed by atoms with Gasteiger partial charge in [0.1, 0.15) is 0 Å². The van der Waals surface area contributed by atoms with E-state index in [2.05, 4.69) is 35.1 Å². The van der Waals surface area contributed by atoms with Crippen LogP contribution in [0.25, 0.3) is 0 Å². The third-order valence-electron chi connectivity index (χ3n) is 3.01. The zero-order valence-corrected chi connectivity index (χ0v) is 12.8. The van der Waals surface area contributed by atoms with E-state index >= 15 is 0 Å². The maximum atomic E-state index is 3.94. The summed E-state index contributed by atoms with van der Waals surface area (Å²) in [6, 6.07) is 0. The van der Waals surface area contributed by atoms with Crippen LogP contribution in [0.1, 0.15) is 46.5 Å². The van der Waals surface area contributed by atoms with Crippen molar-refractivity contribution in [3.8, 4) is 0 Å². The Balaban J connectivity index is 2.42. The Morgan fingerprint density at radius 3 is 2.14 bits per heavy atom. The van der Waals surface area contributed by atoms with Gasteiger partial charge in [-0.15, -0.1) is 0 Å². The molecular weight excluding hydrogens is 251 g/mol. The first-order valence-corrected chi connectivity index (χ1v) is 13.6. The van der Waals surface area contributed by atoms with Gasteiger partial charge in [0.05, 0.1) is 0 Å². The normalized spacial score (nSPS) is 25.5. The first-order valence-electron chi connectivity index (χ1n) is 6.15. The quantitative estimate of drug-likeness (QED) is 0.741. The van der Waals surface area contributed by atoms with Gasteiger partial charge < -0.3 is 0 Å². The fourth-order valence-electron chi connectivity index (χ4n) is 2.14. The zero-order chi connectivity index (χ0) is 10.4. The Kier molecular flexibility index (Phi) is 5.94. The number of hydrogen-bond acceptors (Lipinski definition) is 2. The van der Waals surface area contributed by atoms with E-state index in [4.69, 9.17) is 0 Å². The van der Waals surface area contributed by atoms with E-state index in [0.717, 1.165) is 5.25 Å². The van der Waals surface area contributed by atoms with Crippen molar-refractivity contribution in [2.45, 2.75) is 62.2 Å². The Morgan fingerprint density at radius 1 is 1.21 bits per heavy atom. The van der Waals surface area contributed by atoms with Crippen molar-refractivity contribution in [1.82, 2.24) is 4.27 Å². The van der Waals surface area contributed by atoms with E-state index in [-0.39, 0.29) is 0 Å². The van der Waals surface area contributed by atoms with Crippen molar-refractivity contribution >= 4 is 22.4 Å². The second kappa shape index (κ2) is 6.44. The van der Waals surface area contributed by atoms with Gasteiger partial charge in [-0.05, 0) is 0 Å². The van der Waals surface area contributed by atoms with Crippen LogP contribution in [0.15, 0.2) is 0 Å². The van der Waals surface area contributed by atoms with Crippen LogP contribution in [0.5, 0.6) is 0 Å². The summed E-state index contributed by atoms with van der Waals surface area (Å²) >= 11 is -1.60. The van der Waals surface area contributed by atoms with Crippen molar-refractivity contribution in [1.29, 1.82) is 0 Å². The average molecular weight is 276 g/mol. The van der Waals surface area contributed by atoms with Crippen LogP contribution < -0.4 is 4.27 Å². The molecular formula is C11H25GeNS. The van der Waals surface area contributed by atoms with Gasteiger partial charge in [0.2, 0.25) is 0 Å². The summed E-state index contributed by atoms with van der Waals surface area (Å²) in [5.74, 6) is 0. The van der Waals surface area contributed by atoms with Crippen molar-refractivity contribution in [3.05, 3.63) is 0 Å². The summed E-state index contributed by atoms with van der Waals surface area (Å²) < 4.78 is 3.94. The molecule has 0 aromatic heterocycles. The molecule has 1 N–H and O–H groups in total. The van der Waals surface area contributed by atoms with Gasteiger partial charge in [-0.2, -0.15) is 0 Å². The molecule has 0 bridgehead atoms. The summed E-state index contributed by atoms with van der Waals surface area (Å²) in [7, 11) is 2.37. The molecule has 0 radical (unpaired) electrons. The van der Waals surface area contributed by atoms with Crippen LogP contribution in [0.4, 0.5) is 0 Å². The van der Waals surface area contributed by atoms with Gasteiger partial charge in [-0.25, -0.2) is 0 Å². The second-order valence-corrected chi connectivity index (χ2v) is 18.1. The van der Waals surface area contributed by atoms with Crippen molar-refractivity contribution < 1.29 is 0 Å². The SMILES string of the molecule is CCC[CH2][Ge]1([CH2]CCC)[NH]CC(C)[S]1. The summed E-state index contributed by atoms with van der Waals surface area (Å²) in [6.07, 6.45) is 5.65. The Hall–Kier alpha value is 0.853. The van der Waals surface area contributed by atoms with E-state index in [1.165, 1.54) is 32.2 Å². The predicted molar refractivity (Wildman–Crippen MR) is 70.2 cm³/mol. The molecule has 1 fully saturated rings. The molecule has 0 spiro atoms. The van der Waals surface area contributed by atoms with Crippen molar-refractivity contribution in [3.63, 3.8) is 0 Å². The fourth-order valence-corrected chi connectivity index (χ4v) is 19.6. The first-order chi connectivity index (χ1) is 6.72. The van der Waals surface area contributed by atoms with E-state index < -0.39 is 12.3 Å². The minimum atomic E-state index is -1.60. The van der Waals surface area contributed by atoms with Crippen LogP contribution in [0.2, 0.25) is 10.5 Å². The Bertz CT molecular complexity index is 155. The van der Waals surface area contributed by atoms with E-state index in [1.54, 1.807) is 10.5 Å². The molecule has 1 unspecified atom stereocenters. The standard InChI is InChI=1S/C11H25GeNS/c1-4-6-8-12(9-7-5-2)13-10-11(3)14-12/h11,13H,4-10H2,1-3H3.